The van der Waals surface area contributed by atoms with Crippen molar-refractivity contribution in [3.63, 3.8) is 0 Å². The number of carbonyl (C=O) groups is 1. The number of carbonyl (C=O) groups excluding carboxylic acids is 1. The lowest BCUT2D eigenvalue weighted by Gasteiger charge is -2.27. The molecule has 0 spiro atoms. The molecule has 2 heterocycles. The first-order valence-electron chi connectivity index (χ1n) is 8.15. The van der Waals surface area contributed by atoms with E-state index in [1.165, 1.54) is 12.0 Å². The summed E-state index contributed by atoms with van der Waals surface area (Å²) in [6, 6.07) is 2.61. The van der Waals surface area contributed by atoms with Crippen molar-refractivity contribution in [2.24, 2.45) is 5.92 Å². The van der Waals surface area contributed by atoms with E-state index in [0.717, 1.165) is 31.7 Å². The van der Waals surface area contributed by atoms with E-state index in [0.29, 0.717) is 24.3 Å². The quantitative estimate of drug-likeness (QED) is 0.834. The monoisotopic (exact) mass is 303 g/mol. The van der Waals surface area contributed by atoms with Crippen molar-refractivity contribution >= 4 is 5.91 Å². The minimum absolute atomic E-state index is 0.217. The maximum Gasteiger partial charge on any atom is 0.222 e. The van der Waals surface area contributed by atoms with Crippen molar-refractivity contribution in [3.05, 3.63) is 24.0 Å². The Kier molecular flexibility index (Phi) is 4.62. The first-order chi connectivity index (χ1) is 10.6. The van der Waals surface area contributed by atoms with E-state index in [1.54, 1.807) is 11.1 Å². The molecule has 0 radical (unpaired) electrons. The zero-order chi connectivity index (χ0) is 15.5. The molecule has 1 aliphatic carbocycles. The molecule has 2 fully saturated rings. The van der Waals surface area contributed by atoms with Crippen LogP contribution in [-0.4, -0.2) is 49.1 Å². The molecular weight excluding hydrogens is 278 g/mol. The van der Waals surface area contributed by atoms with Gasteiger partial charge in [-0.3, -0.25) is 9.78 Å². The SMILES string of the molecule is CN(C)C(=O)CC[C@H]1C[C@@H]1c1cncc(OC[C@@H]2CCN2)c1. The summed E-state index contributed by atoms with van der Waals surface area (Å²) in [5.41, 5.74) is 1.25. The Bertz CT molecular complexity index is 528. The lowest BCUT2D eigenvalue weighted by atomic mass is 10.1. The zero-order valence-corrected chi connectivity index (χ0v) is 13.4. The van der Waals surface area contributed by atoms with Gasteiger partial charge in [0.15, 0.2) is 0 Å². The molecule has 3 atom stereocenters. The molecule has 1 aromatic rings. The van der Waals surface area contributed by atoms with E-state index in [2.05, 4.69) is 16.4 Å². The van der Waals surface area contributed by atoms with Crippen molar-refractivity contribution in [2.75, 3.05) is 27.2 Å². The summed E-state index contributed by atoms with van der Waals surface area (Å²) in [7, 11) is 3.63. The Morgan fingerprint density at radius 1 is 1.45 bits per heavy atom. The Morgan fingerprint density at radius 2 is 2.27 bits per heavy atom. The van der Waals surface area contributed by atoms with Crippen LogP contribution in [0.15, 0.2) is 18.5 Å². The number of rotatable bonds is 7. The fourth-order valence-electron chi connectivity index (χ4n) is 2.91. The van der Waals surface area contributed by atoms with E-state index in [1.807, 2.05) is 20.3 Å². The molecule has 5 nitrogen and oxygen atoms in total. The van der Waals surface area contributed by atoms with Gasteiger partial charge in [0.1, 0.15) is 12.4 Å². The van der Waals surface area contributed by atoms with Gasteiger partial charge in [0, 0.05) is 32.8 Å². The number of aromatic nitrogens is 1. The third-order valence-corrected chi connectivity index (χ3v) is 4.69. The van der Waals surface area contributed by atoms with Gasteiger partial charge in [0.2, 0.25) is 5.91 Å². The van der Waals surface area contributed by atoms with Gasteiger partial charge in [-0.2, -0.15) is 0 Å². The Hall–Kier alpha value is -1.62. The van der Waals surface area contributed by atoms with Gasteiger partial charge in [0.25, 0.3) is 0 Å². The molecule has 5 heteroatoms. The Labute approximate surface area is 132 Å². The summed E-state index contributed by atoms with van der Waals surface area (Å²) in [5, 5.41) is 3.33. The van der Waals surface area contributed by atoms with Gasteiger partial charge in [-0.25, -0.2) is 0 Å². The standard InChI is InChI=1S/C17H25N3O2/c1-20(2)17(21)4-3-12-8-16(12)13-7-15(10-18-9-13)22-11-14-5-6-19-14/h7,9-10,12,14,16,19H,3-6,8,11H2,1-2H3/t12-,14-,16-/m0/s1. The van der Waals surface area contributed by atoms with E-state index < -0.39 is 0 Å². The maximum absolute atomic E-state index is 11.6. The molecule has 2 aliphatic rings. The van der Waals surface area contributed by atoms with Crippen LogP contribution in [0.5, 0.6) is 5.75 Å². The van der Waals surface area contributed by atoms with Crippen LogP contribution in [0, 0.1) is 5.92 Å². The van der Waals surface area contributed by atoms with E-state index in [9.17, 15) is 4.79 Å². The van der Waals surface area contributed by atoms with Gasteiger partial charge < -0.3 is 15.0 Å². The van der Waals surface area contributed by atoms with Crippen LogP contribution in [0.3, 0.4) is 0 Å². The topological polar surface area (TPSA) is 54.5 Å². The first-order valence-corrected chi connectivity index (χ1v) is 8.15. The summed E-state index contributed by atoms with van der Waals surface area (Å²) in [5.74, 6) is 2.25. The molecule has 120 valence electrons. The normalized spacial score (nSPS) is 26.2. The summed E-state index contributed by atoms with van der Waals surface area (Å²) < 4.78 is 5.81. The summed E-state index contributed by atoms with van der Waals surface area (Å²) in [6.45, 7) is 1.82. The lowest BCUT2D eigenvalue weighted by Crippen LogP contribution is -2.46. The van der Waals surface area contributed by atoms with Crippen LogP contribution < -0.4 is 10.1 Å². The average Bonchev–Trinajstić information content (AvgIpc) is 3.23. The van der Waals surface area contributed by atoms with Crippen LogP contribution >= 0.6 is 0 Å². The second-order valence-corrected chi connectivity index (χ2v) is 6.63. The molecule has 0 bridgehead atoms. The second kappa shape index (κ2) is 6.65. The summed E-state index contributed by atoms with van der Waals surface area (Å²) >= 11 is 0. The van der Waals surface area contributed by atoms with Crippen LogP contribution in [0.2, 0.25) is 0 Å². The van der Waals surface area contributed by atoms with Crippen LogP contribution in [0.4, 0.5) is 0 Å². The molecule has 1 aromatic heterocycles. The van der Waals surface area contributed by atoms with Crippen LogP contribution in [0.1, 0.15) is 37.2 Å². The third-order valence-electron chi connectivity index (χ3n) is 4.69. The Morgan fingerprint density at radius 3 is 2.95 bits per heavy atom. The fourth-order valence-corrected chi connectivity index (χ4v) is 2.91. The zero-order valence-electron chi connectivity index (χ0n) is 13.4. The van der Waals surface area contributed by atoms with Crippen LogP contribution in [0.25, 0.3) is 0 Å². The number of pyridine rings is 1. The van der Waals surface area contributed by atoms with Gasteiger partial charge in [-0.1, -0.05) is 0 Å². The molecule has 22 heavy (non-hydrogen) atoms. The number of nitrogens with one attached hydrogen (secondary N) is 1. The number of amides is 1. The number of hydrogen-bond donors (Lipinski definition) is 1. The van der Waals surface area contributed by atoms with Gasteiger partial charge in [-0.15, -0.1) is 0 Å². The molecule has 1 amide bonds. The predicted molar refractivity (Wildman–Crippen MR) is 84.9 cm³/mol. The first kappa shape index (κ1) is 15.3. The molecule has 1 saturated heterocycles. The van der Waals surface area contributed by atoms with Crippen molar-refractivity contribution in [3.8, 4) is 5.75 Å². The molecule has 0 unspecified atom stereocenters. The van der Waals surface area contributed by atoms with Crippen LogP contribution in [-0.2, 0) is 4.79 Å². The van der Waals surface area contributed by atoms with Gasteiger partial charge >= 0.3 is 0 Å². The van der Waals surface area contributed by atoms with Crippen molar-refractivity contribution in [1.29, 1.82) is 0 Å². The highest BCUT2D eigenvalue weighted by atomic mass is 16.5. The van der Waals surface area contributed by atoms with Gasteiger partial charge in [-0.05, 0) is 49.3 Å². The summed E-state index contributed by atoms with van der Waals surface area (Å²) in [6.07, 6.45) is 7.69. The average molecular weight is 303 g/mol. The number of ether oxygens (including phenoxy) is 1. The van der Waals surface area contributed by atoms with Crippen molar-refractivity contribution < 1.29 is 9.53 Å². The minimum atomic E-state index is 0.217. The fraction of sp³-hybridized carbons (Fsp3) is 0.647. The molecular formula is C17H25N3O2. The highest BCUT2D eigenvalue weighted by molar-refractivity contribution is 5.75. The summed E-state index contributed by atoms with van der Waals surface area (Å²) in [4.78, 5) is 17.6. The smallest absolute Gasteiger partial charge is 0.222 e. The molecule has 3 rings (SSSR count). The minimum Gasteiger partial charge on any atom is -0.490 e. The van der Waals surface area contributed by atoms with E-state index >= 15 is 0 Å². The maximum atomic E-state index is 11.6. The van der Waals surface area contributed by atoms with E-state index in [4.69, 9.17) is 4.74 Å². The second-order valence-electron chi connectivity index (χ2n) is 6.63. The highest BCUT2D eigenvalue weighted by Crippen LogP contribution is 2.50. The Balaban J connectivity index is 1.47. The largest absolute Gasteiger partial charge is 0.490 e. The number of hydrogen-bond acceptors (Lipinski definition) is 4. The molecule has 1 aliphatic heterocycles. The lowest BCUT2D eigenvalue weighted by molar-refractivity contribution is -0.128. The molecule has 0 aromatic carbocycles. The highest BCUT2D eigenvalue weighted by Gasteiger charge is 2.38. The van der Waals surface area contributed by atoms with Crippen molar-refractivity contribution in [1.82, 2.24) is 15.2 Å². The molecule has 1 saturated carbocycles. The van der Waals surface area contributed by atoms with Gasteiger partial charge in [0.05, 0.1) is 6.20 Å². The predicted octanol–water partition coefficient (Wildman–Crippen LogP) is 1.79. The molecule has 1 N–H and O–H groups in total. The van der Waals surface area contributed by atoms with Crippen molar-refractivity contribution in [2.45, 2.75) is 37.6 Å². The third kappa shape index (κ3) is 3.77. The van der Waals surface area contributed by atoms with E-state index in [-0.39, 0.29) is 5.91 Å². The number of nitrogens with zero attached hydrogens (tertiary/aromatic N) is 2.